The number of fused-ring (bicyclic) bond motifs is 9. The zero-order chi connectivity index (χ0) is 43.3. The average Bonchev–Trinajstić information content (AvgIpc) is 3.73. The zero-order valence-electron chi connectivity index (χ0n) is 36.7. The van der Waals surface area contributed by atoms with Crippen molar-refractivity contribution in [2.75, 3.05) is 9.80 Å². The van der Waals surface area contributed by atoms with Crippen LogP contribution in [0.3, 0.4) is 0 Å². The van der Waals surface area contributed by atoms with E-state index in [1.807, 2.05) is 11.3 Å². The van der Waals surface area contributed by atoms with Gasteiger partial charge in [-0.3, -0.25) is 0 Å². The molecule has 318 valence electrons. The summed E-state index contributed by atoms with van der Waals surface area (Å²) >= 11 is 4.30. The highest BCUT2D eigenvalue weighted by Crippen LogP contribution is 2.59. The van der Waals surface area contributed by atoms with Crippen LogP contribution < -0.4 is 9.80 Å². The molecule has 1 aromatic heterocycles. The molecule has 66 heavy (non-hydrogen) atoms. The van der Waals surface area contributed by atoms with Crippen molar-refractivity contribution >= 4 is 94.3 Å². The lowest BCUT2D eigenvalue weighted by molar-refractivity contribution is 0.367. The van der Waals surface area contributed by atoms with Crippen molar-refractivity contribution < 1.29 is 0 Å². The summed E-state index contributed by atoms with van der Waals surface area (Å²) in [7, 11) is 0. The summed E-state index contributed by atoms with van der Waals surface area (Å²) in [5, 5.41) is 10.2. The Morgan fingerprint density at radius 3 is 2.15 bits per heavy atom. The van der Waals surface area contributed by atoms with Crippen LogP contribution in [0.15, 0.2) is 222 Å². The maximum absolute atomic E-state index is 2.67. The predicted molar refractivity (Wildman–Crippen MR) is 284 cm³/mol. The number of thioether (sulfide) groups is 1. The van der Waals surface area contributed by atoms with E-state index in [1.54, 1.807) is 16.7 Å². The van der Waals surface area contributed by atoms with Crippen LogP contribution in [-0.2, 0) is 6.42 Å². The van der Waals surface area contributed by atoms with Crippen molar-refractivity contribution in [3.05, 3.63) is 233 Å². The molecule has 5 unspecified atom stereocenters. The van der Waals surface area contributed by atoms with Gasteiger partial charge in [-0.15, -0.1) is 23.1 Å². The molecule has 0 bridgehead atoms. The topological polar surface area (TPSA) is 6.48 Å². The minimum Gasteiger partial charge on any atom is -0.314 e. The molecule has 14 rings (SSSR count). The summed E-state index contributed by atoms with van der Waals surface area (Å²) in [5.41, 5.74) is 13.9. The van der Waals surface area contributed by atoms with Crippen molar-refractivity contribution in [3.63, 3.8) is 0 Å². The number of thiophene rings is 1. The van der Waals surface area contributed by atoms with Gasteiger partial charge in [0.2, 0.25) is 0 Å². The van der Waals surface area contributed by atoms with Gasteiger partial charge in [-0.2, -0.15) is 0 Å². The summed E-state index contributed by atoms with van der Waals surface area (Å²) in [4.78, 5) is 6.62. The van der Waals surface area contributed by atoms with Gasteiger partial charge >= 0.3 is 0 Å². The third-order valence-corrected chi connectivity index (χ3v) is 18.2. The zero-order valence-corrected chi connectivity index (χ0v) is 38.3. The van der Waals surface area contributed by atoms with E-state index in [2.05, 4.69) is 222 Å². The fourth-order valence-electron chi connectivity index (χ4n) is 12.3. The summed E-state index contributed by atoms with van der Waals surface area (Å²) in [6.45, 7) is 0. The van der Waals surface area contributed by atoms with E-state index < -0.39 is 0 Å². The van der Waals surface area contributed by atoms with Gasteiger partial charge < -0.3 is 9.80 Å². The Bertz CT molecular complexity index is 3550. The van der Waals surface area contributed by atoms with E-state index in [9.17, 15) is 0 Å². The second-order valence-corrected chi connectivity index (χ2v) is 21.4. The van der Waals surface area contributed by atoms with E-state index in [0.29, 0.717) is 28.3 Å². The van der Waals surface area contributed by atoms with E-state index >= 15 is 0 Å². The molecule has 5 atom stereocenters. The standard InChI is InChI=1S/C62H48N2S2/c1-3-16-43-34-45(28-26-39(43)12-1)63(55-23-9-18-41-14-5-7-20-48(41)55)47-30-31-50-53-37-61-54(38-60(53)66-59(50)36-47)51-32-33-57(52-22-11-25-58(65-61)62(51)52)64(46-29-27-40-13-2-4-17-44(40)35-46)56-24-10-19-42-15-6-8-21-49(42)56/h1-10,12-20,22-24,26-31,33-36,38,49,51,58,61-62H,11,21,25,32,37H2. The molecule has 1 aliphatic heterocycles. The number of hydrogen-bond acceptors (Lipinski definition) is 4. The Morgan fingerprint density at radius 2 is 1.32 bits per heavy atom. The molecule has 2 heterocycles. The molecule has 1 saturated heterocycles. The van der Waals surface area contributed by atoms with Crippen LogP contribution in [0, 0.1) is 17.8 Å². The van der Waals surface area contributed by atoms with E-state index in [1.165, 1.54) is 93.4 Å². The Labute approximate surface area is 395 Å². The van der Waals surface area contributed by atoms with Crippen LogP contribution in [0.2, 0.25) is 0 Å². The van der Waals surface area contributed by atoms with Crippen molar-refractivity contribution in [2.45, 2.75) is 42.6 Å². The lowest BCUT2D eigenvalue weighted by atomic mass is 9.67. The highest BCUT2D eigenvalue weighted by molar-refractivity contribution is 8.00. The number of nitrogens with zero attached hydrogens (tertiary/aromatic N) is 2. The van der Waals surface area contributed by atoms with Crippen molar-refractivity contribution in [1.29, 1.82) is 0 Å². The monoisotopic (exact) mass is 884 g/mol. The lowest BCUT2D eigenvalue weighted by Gasteiger charge is -2.51. The Balaban J connectivity index is 0.860. The van der Waals surface area contributed by atoms with E-state index in [-0.39, 0.29) is 0 Å². The van der Waals surface area contributed by atoms with Gasteiger partial charge in [0.15, 0.2) is 0 Å². The van der Waals surface area contributed by atoms with Gasteiger partial charge in [-0.25, -0.2) is 0 Å². The fourth-order valence-corrected chi connectivity index (χ4v) is 15.4. The lowest BCUT2D eigenvalue weighted by Crippen LogP contribution is -2.44. The summed E-state index contributed by atoms with van der Waals surface area (Å²) < 4.78 is 1.37. The normalized spacial score (nSPS) is 22.7. The number of allylic oxidation sites excluding steroid dienone is 10. The second-order valence-electron chi connectivity index (χ2n) is 18.9. The van der Waals surface area contributed by atoms with Crippen LogP contribution in [0.25, 0.3) is 48.5 Å². The Hall–Kier alpha value is -6.59. The molecule has 6 aliphatic rings. The molecular formula is C62H48N2S2. The number of rotatable bonds is 6. The molecular weight excluding hydrogens is 837 g/mol. The highest BCUT2D eigenvalue weighted by Gasteiger charge is 2.48. The summed E-state index contributed by atoms with van der Waals surface area (Å²) in [6.07, 6.45) is 27.5. The molecule has 5 aliphatic carbocycles. The summed E-state index contributed by atoms with van der Waals surface area (Å²) in [5.74, 6) is 1.37. The first-order valence-corrected chi connectivity index (χ1v) is 25.6. The van der Waals surface area contributed by atoms with Gasteiger partial charge in [0.05, 0.1) is 5.69 Å². The first kappa shape index (κ1) is 38.7. The Kier molecular flexibility index (Phi) is 9.08. The molecule has 0 saturated carbocycles. The van der Waals surface area contributed by atoms with Crippen molar-refractivity contribution in [2.24, 2.45) is 17.8 Å². The molecule has 7 aromatic carbocycles. The average molecular weight is 885 g/mol. The fraction of sp³-hybridized carbons (Fsp3) is 0.161. The minimum absolute atomic E-state index is 0.342. The molecule has 8 aromatic rings. The van der Waals surface area contributed by atoms with Gasteiger partial charge in [0.1, 0.15) is 0 Å². The molecule has 1 fully saturated rings. The maximum atomic E-state index is 2.67. The van der Waals surface area contributed by atoms with Gasteiger partial charge in [0.25, 0.3) is 0 Å². The van der Waals surface area contributed by atoms with Crippen LogP contribution in [0.4, 0.5) is 22.7 Å². The third-order valence-electron chi connectivity index (χ3n) is 15.4. The maximum Gasteiger partial charge on any atom is 0.0540 e. The molecule has 0 spiro atoms. The van der Waals surface area contributed by atoms with Crippen LogP contribution >= 0.6 is 23.1 Å². The minimum atomic E-state index is 0.342. The molecule has 2 nitrogen and oxygen atoms in total. The quantitative estimate of drug-likeness (QED) is 0.164. The van der Waals surface area contributed by atoms with Gasteiger partial charge in [0, 0.05) is 65.8 Å². The third kappa shape index (κ3) is 6.22. The van der Waals surface area contributed by atoms with Crippen LogP contribution in [-0.4, -0.2) is 10.5 Å². The van der Waals surface area contributed by atoms with Crippen molar-refractivity contribution in [1.82, 2.24) is 0 Å². The van der Waals surface area contributed by atoms with Crippen molar-refractivity contribution in [3.8, 4) is 0 Å². The molecule has 0 radical (unpaired) electrons. The van der Waals surface area contributed by atoms with Gasteiger partial charge in [-0.1, -0.05) is 151 Å². The Morgan fingerprint density at radius 1 is 0.591 bits per heavy atom. The number of benzene rings is 7. The highest BCUT2D eigenvalue weighted by atomic mass is 32.2. The number of anilines is 4. The smallest absolute Gasteiger partial charge is 0.0540 e. The SMILES string of the molecule is C1=CCC2C(=C1)C=CC=C2N(C1=CCC2C3=Cc4sc5cc(N(c6ccc7ccccc7c6)c6cccc7ccccc67)ccc5c4CC3SC3CCC=C1C32)c1ccc2ccccc2c1. The predicted octanol–water partition coefficient (Wildman–Crippen LogP) is 17.0. The van der Waals surface area contributed by atoms with E-state index in [4.69, 9.17) is 0 Å². The molecule has 0 N–H and O–H groups in total. The van der Waals surface area contributed by atoms with Crippen LogP contribution in [0.5, 0.6) is 0 Å². The summed E-state index contributed by atoms with van der Waals surface area (Å²) in [6, 6.07) is 54.4. The number of hydrogen-bond donors (Lipinski definition) is 0. The molecule has 0 amide bonds. The first-order valence-electron chi connectivity index (χ1n) is 23.8. The largest absolute Gasteiger partial charge is 0.314 e. The molecule has 4 heteroatoms. The second kappa shape index (κ2) is 15.5. The van der Waals surface area contributed by atoms with E-state index in [0.717, 1.165) is 25.7 Å². The van der Waals surface area contributed by atoms with Gasteiger partial charge in [-0.05, 0) is 142 Å². The van der Waals surface area contributed by atoms with Crippen LogP contribution in [0.1, 0.15) is 36.1 Å². The first-order chi connectivity index (χ1) is 32.7.